The zero-order valence-electron chi connectivity index (χ0n) is 10.4. The Morgan fingerprint density at radius 1 is 1.69 bits per heavy atom. The quantitative estimate of drug-likeness (QED) is 0.788. The van der Waals surface area contributed by atoms with Crippen LogP contribution in [-0.4, -0.2) is 24.0 Å². The Bertz CT molecular complexity index is 459. The molecule has 0 unspecified atom stereocenters. The Morgan fingerprint density at radius 2 is 2.50 bits per heavy atom. The van der Waals surface area contributed by atoms with Crippen molar-refractivity contribution in [3.8, 4) is 0 Å². The number of anilines is 1. The molecule has 0 bridgehead atoms. The number of carbonyl (C=O) groups excluding carboxylic acids is 1. The number of hydrogen-bond donors (Lipinski definition) is 1. The van der Waals surface area contributed by atoms with Crippen molar-refractivity contribution >= 4 is 11.6 Å². The number of benzene rings is 1. The van der Waals surface area contributed by atoms with Crippen LogP contribution in [0.1, 0.15) is 22.3 Å². The molecule has 1 amide bonds. The summed E-state index contributed by atoms with van der Waals surface area (Å²) in [6.45, 7) is 6.55. The van der Waals surface area contributed by atoms with E-state index in [0.29, 0.717) is 24.5 Å². The molecule has 1 aliphatic heterocycles. The first-order valence-corrected chi connectivity index (χ1v) is 5.40. The summed E-state index contributed by atoms with van der Waals surface area (Å²) in [6, 6.07) is 5.58. The van der Waals surface area contributed by atoms with E-state index in [2.05, 4.69) is 6.58 Å². The van der Waals surface area contributed by atoms with E-state index in [1.54, 1.807) is 17.0 Å². The second-order valence-electron chi connectivity index (χ2n) is 3.97. The molecule has 0 fully saturated rings. The van der Waals surface area contributed by atoms with E-state index in [-0.39, 0.29) is 5.91 Å². The minimum atomic E-state index is 0.00495. The van der Waals surface area contributed by atoms with Gasteiger partial charge in [-0.15, -0.1) is 6.58 Å². The molecule has 3 nitrogen and oxygen atoms in total. The highest BCUT2D eigenvalue weighted by molar-refractivity contribution is 6.01. The summed E-state index contributed by atoms with van der Waals surface area (Å²) in [5.74, 6) is 0.00495. The highest BCUT2D eigenvalue weighted by atomic mass is 16.2. The van der Waals surface area contributed by atoms with Gasteiger partial charge in [-0.2, -0.15) is 0 Å². The van der Waals surface area contributed by atoms with E-state index in [0.717, 1.165) is 12.0 Å². The van der Waals surface area contributed by atoms with Crippen LogP contribution in [-0.2, 0) is 0 Å². The van der Waals surface area contributed by atoms with E-state index in [1.807, 2.05) is 19.1 Å². The minimum absolute atomic E-state index is 0.00495. The lowest BCUT2D eigenvalue weighted by Gasteiger charge is -2.29. The van der Waals surface area contributed by atoms with E-state index in [9.17, 15) is 4.79 Å². The summed E-state index contributed by atoms with van der Waals surface area (Å²) in [5.41, 5.74) is 2.37. The summed E-state index contributed by atoms with van der Waals surface area (Å²) in [7, 11) is 0. The molecule has 1 aromatic rings. The standard InChI is InChI=1S/C13H16N2O/c1-3-4-7-15-9-14-12-8-10(2)5-6-11(12)13(15)16/h3,5-6,8,14H,1,4,7,9H2,2H3/i/hD. The average Bonchev–Trinajstić information content (AvgIpc) is 2.32. The first kappa shape index (κ1) is 9.46. The number of amides is 1. The number of nitrogens with one attached hydrogen (secondary N) is 1. The Balaban J connectivity index is 2.31. The first-order chi connectivity index (χ1) is 8.13. The molecular formula is C13H16N2O. The number of rotatable bonds is 3. The van der Waals surface area contributed by atoms with Crippen LogP contribution >= 0.6 is 0 Å². The zero-order valence-corrected chi connectivity index (χ0v) is 9.44. The highest BCUT2D eigenvalue weighted by Gasteiger charge is 2.22. The molecule has 1 aromatic carbocycles. The van der Waals surface area contributed by atoms with Gasteiger partial charge in [0.15, 0.2) is 1.41 Å². The molecular weight excluding hydrogens is 200 g/mol. The molecule has 0 aliphatic carbocycles. The Hall–Kier alpha value is -1.77. The molecule has 0 spiro atoms. The lowest BCUT2D eigenvalue weighted by molar-refractivity contribution is 0.0761. The van der Waals surface area contributed by atoms with Crippen LogP contribution in [0.4, 0.5) is 5.69 Å². The van der Waals surface area contributed by atoms with E-state index >= 15 is 0 Å². The van der Waals surface area contributed by atoms with Gasteiger partial charge in [-0.1, -0.05) is 12.1 Å². The summed E-state index contributed by atoms with van der Waals surface area (Å²) in [5, 5.41) is 1.37. The van der Waals surface area contributed by atoms with Gasteiger partial charge < -0.3 is 10.2 Å². The van der Waals surface area contributed by atoms with Gasteiger partial charge in [0, 0.05) is 12.2 Å². The van der Waals surface area contributed by atoms with E-state index < -0.39 is 0 Å². The van der Waals surface area contributed by atoms with Crippen molar-refractivity contribution in [1.82, 2.24) is 4.90 Å². The van der Waals surface area contributed by atoms with Crippen LogP contribution in [0.15, 0.2) is 30.9 Å². The predicted molar refractivity (Wildman–Crippen MR) is 65.5 cm³/mol. The second-order valence-corrected chi connectivity index (χ2v) is 3.97. The number of fused-ring (bicyclic) bond motifs is 1. The predicted octanol–water partition coefficient (Wildman–Crippen LogP) is 2.40. The van der Waals surface area contributed by atoms with Gasteiger partial charge in [0.2, 0.25) is 0 Å². The summed E-state index contributed by atoms with van der Waals surface area (Å²) < 4.78 is 7.92. The van der Waals surface area contributed by atoms with E-state index in [4.69, 9.17) is 1.41 Å². The third-order valence-electron chi connectivity index (χ3n) is 2.69. The minimum Gasteiger partial charge on any atom is -0.367 e. The van der Waals surface area contributed by atoms with Crippen LogP contribution in [0, 0.1) is 6.92 Å². The van der Waals surface area contributed by atoms with Crippen LogP contribution in [0.5, 0.6) is 0 Å². The van der Waals surface area contributed by atoms with Crippen molar-refractivity contribution < 1.29 is 6.21 Å². The van der Waals surface area contributed by atoms with Crippen molar-refractivity contribution in [3.05, 3.63) is 42.0 Å². The molecule has 2 rings (SSSR count). The maximum absolute atomic E-state index is 12.2. The van der Waals surface area contributed by atoms with Gasteiger partial charge in [-0.05, 0) is 31.0 Å². The van der Waals surface area contributed by atoms with Gasteiger partial charge in [-0.25, -0.2) is 0 Å². The molecule has 3 heteroatoms. The summed E-state index contributed by atoms with van der Waals surface area (Å²) >= 11 is 0. The molecule has 0 atom stereocenters. The molecule has 0 aromatic heterocycles. The SMILES string of the molecule is [2H]N1CN(CCC=C)C(=O)c2ccc(C)cc21. The highest BCUT2D eigenvalue weighted by Crippen LogP contribution is 2.23. The topological polar surface area (TPSA) is 32.3 Å². The van der Waals surface area contributed by atoms with Gasteiger partial charge in [-0.3, -0.25) is 4.79 Å². The molecule has 1 heterocycles. The Kier molecular flexibility index (Phi) is 2.59. The van der Waals surface area contributed by atoms with Crippen LogP contribution in [0.3, 0.4) is 0 Å². The monoisotopic (exact) mass is 217 g/mol. The van der Waals surface area contributed by atoms with Crippen LogP contribution in [0.2, 0.25) is 1.41 Å². The van der Waals surface area contributed by atoms with Gasteiger partial charge in [0.1, 0.15) is 0 Å². The third-order valence-corrected chi connectivity index (χ3v) is 2.69. The average molecular weight is 217 g/mol. The molecule has 0 saturated heterocycles. The van der Waals surface area contributed by atoms with Crippen LogP contribution in [0.25, 0.3) is 0 Å². The van der Waals surface area contributed by atoms with Crippen molar-refractivity contribution in [2.45, 2.75) is 13.3 Å². The van der Waals surface area contributed by atoms with E-state index in [1.165, 1.54) is 5.31 Å². The summed E-state index contributed by atoms with van der Waals surface area (Å²) in [4.78, 5) is 13.8. The fourth-order valence-electron chi connectivity index (χ4n) is 1.77. The number of carbonyl (C=O) groups is 1. The third kappa shape index (κ3) is 1.94. The van der Waals surface area contributed by atoms with Gasteiger partial charge in [0.25, 0.3) is 5.91 Å². The maximum Gasteiger partial charge on any atom is 0.257 e. The molecule has 1 aliphatic rings. The number of hydrogen-bond acceptors (Lipinski definition) is 2. The molecule has 1 N–H and O–H groups in total. The normalized spacial score (nSPS) is 15.8. The lowest BCUT2D eigenvalue weighted by atomic mass is 10.1. The van der Waals surface area contributed by atoms with Crippen LogP contribution < -0.4 is 5.31 Å². The smallest absolute Gasteiger partial charge is 0.257 e. The Morgan fingerprint density at radius 3 is 3.25 bits per heavy atom. The maximum atomic E-state index is 12.2. The van der Waals surface area contributed by atoms with Crippen molar-refractivity contribution in [1.29, 1.82) is 0 Å². The molecule has 0 radical (unpaired) electrons. The second kappa shape index (κ2) is 4.39. The van der Waals surface area contributed by atoms with Gasteiger partial charge >= 0.3 is 0 Å². The zero-order chi connectivity index (χ0) is 12.4. The number of nitrogens with zero attached hydrogens (tertiary/aromatic N) is 1. The number of aryl methyl sites for hydroxylation is 1. The van der Waals surface area contributed by atoms with Gasteiger partial charge in [0.05, 0.1) is 12.2 Å². The Labute approximate surface area is 97.2 Å². The largest absolute Gasteiger partial charge is 0.367 e. The first-order valence-electron chi connectivity index (χ1n) is 5.85. The van der Waals surface area contributed by atoms with Crippen molar-refractivity contribution in [2.24, 2.45) is 0 Å². The molecule has 16 heavy (non-hydrogen) atoms. The van der Waals surface area contributed by atoms with Crippen molar-refractivity contribution in [2.75, 3.05) is 18.5 Å². The summed E-state index contributed by atoms with van der Waals surface area (Å²) in [6.07, 6.45) is 2.53. The molecule has 0 saturated carbocycles. The molecule has 84 valence electrons. The van der Waals surface area contributed by atoms with Crippen molar-refractivity contribution in [3.63, 3.8) is 0 Å². The fourth-order valence-corrected chi connectivity index (χ4v) is 1.77. The lowest BCUT2D eigenvalue weighted by Crippen LogP contribution is -2.40. The fraction of sp³-hybridized carbons (Fsp3) is 0.308.